The fourth-order valence-electron chi connectivity index (χ4n) is 1.23. The summed E-state index contributed by atoms with van der Waals surface area (Å²) in [6.45, 7) is 5.81. The van der Waals surface area contributed by atoms with Crippen molar-refractivity contribution >= 4 is 17.7 Å². The predicted octanol–water partition coefficient (Wildman–Crippen LogP) is 3.80. The second-order valence-electron chi connectivity index (χ2n) is 4.61. The molecule has 0 bridgehead atoms. The number of hydrogen-bond acceptors (Lipinski definition) is 2. The van der Waals surface area contributed by atoms with Crippen LogP contribution in [0.1, 0.15) is 52.9 Å². The topological polar surface area (TPSA) is 37.3 Å². The van der Waals surface area contributed by atoms with Gasteiger partial charge in [0.1, 0.15) is 0 Å². The molecule has 0 aliphatic rings. The summed E-state index contributed by atoms with van der Waals surface area (Å²) in [5, 5.41) is 8.91. The molecule has 0 aromatic carbocycles. The van der Waals surface area contributed by atoms with E-state index >= 15 is 0 Å². The molecule has 90 valence electrons. The van der Waals surface area contributed by atoms with E-state index in [1.165, 1.54) is 24.3 Å². The lowest BCUT2D eigenvalue weighted by atomic mass is 9.88. The first-order valence-electron chi connectivity index (χ1n) is 5.82. The van der Waals surface area contributed by atoms with E-state index in [4.69, 9.17) is 5.11 Å². The molecule has 0 fully saturated rings. The Labute approximate surface area is 97.8 Å². The molecule has 0 radical (unpaired) electrons. The zero-order valence-electron chi connectivity index (χ0n) is 10.2. The van der Waals surface area contributed by atoms with Gasteiger partial charge in [-0.2, -0.15) is 11.8 Å². The van der Waals surface area contributed by atoms with Crippen molar-refractivity contribution in [3.8, 4) is 0 Å². The van der Waals surface area contributed by atoms with Crippen molar-refractivity contribution < 1.29 is 9.90 Å². The molecule has 0 aromatic rings. The van der Waals surface area contributed by atoms with Crippen LogP contribution in [0.4, 0.5) is 0 Å². The number of carbonyl (C=O) groups is 1. The molecule has 0 amide bonds. The first kappa shape index (κ1) is 14.8. The molecule has 3 heteroatoms. The van der Waals surface area contributed by atoms with E-state index in [-0.39, 0.29) is 0 Å². The van der Waals surface area contributed by atoms with Crippen LogP contribution in [-0.2, 0) is 4.79 Å². The van der Waals surface area contributed by atoms with Gasteiger partial charge in [-0.15, -0.1) is 0 Å². The number of aliphatic carboxylic acids is 1. The Morgan fingerprint density at radius 1 is 1.20 bits per heavy atom. The Morgan fingerprint density at radius 3 is 2.33 bits per heavy atom. The quantitative estimate of drug-likeness (QED) is 0.614. The number of rotatable bonds is 9. The highest BCUT2D eigenvalue weighted by Crippen LogP contribution is 2.23. The first-order chi connectivity index (χ1) is 7.00. The van der Waals surface area contributed by atoms with Crippen molar-refractivity contribution in [1.29, 1.82) is 0 Å². The fourth-order valence-corrected chi connectivity index (χ4v) is 2.33. The number of hydrogen-bond donors (Lipinski definition) is 1. The third-order valence-corrected chi connectivity index (χ3v) is 3.72. The number of carboxylic acids is 1. The van der Waals surface area contributed by atoms with Gasteiger partial charge in [-0.1, -0.05) is 19.8 Å². The molecule has 0 aromatic heterocycles. The summed E-state index contributed by atoms with van der Waals surface area (Å²) in [5.74, 6) is 1.75. The highest BCUT2D eigenvalue weighted by Gasteiger charge is 2.25. The second-order valence-corrected chi connectivity index (χ2v) is 5.84. The lowest BCUT2D eigenvalue weighted by molar-refractivity contribution is -0.147. The number of unbranched alkanes of at least 4 members (excludes halogenated alkanes) is 2. The minimum atomic E-state index is -0.680. The van der Waals surface area contributed by atoms with E-state index in [1.807, 2.05) is 11.8 Å². The van der Waals surface area contributed by atoms with Crippen LogP contribution < -0.4 is 0 Å². The molecule has 0 saturated carbocycles. The van der Waals surface area contributed by atoms with Crippen LogP contribution in [0.5, 0.6) is 0 Å². The largest absolute Gasteiger partial charge is 0.481 e. The predicted molar refractivity (Wildman–Crippen MR) is 67.5 cm³/mol. The Balaban J connectivity index is 3.35. The molecule has 0 rings (SSSR count). The van der Waals surface area contributed by atoms with Gasteiger partial charge in [-0.3, -0.25) is 4.79 Å². The monoisotopic (exact) mass is 232 g/mol. The highest BCUT2D eigenvalue weighted by molar-refractivity contribution is 7.99. The zero-order valence-corrected chi connectivity index (χ0v) is 11.0. The maximum absolute atomic E-state index is 10.8. The van der Waals surface area contributed by atoms with Gasteiger partial charge in [0, 0.05) is 0 Å². The molecule has 0 spiro atoms. The van der Waals surface area contributed by atoms with Crippen LogP contribution in [0.25, 0.3) is 0 Å². The minimum absolute atomic E-state index is 0.548. The summed E-state index contributed by atoms with van der Waals surface area (Å²) >= 11 is 1.99. The second kappa shape index (κ2) is 8.03. The maximum Gasteiger partial charge on any atom is 0.309 e. The van der Waals surface area contributed by atoms with Gasteiger partial charge in [0.05, 0.1) is 5.41 Å². The molecule has 2 nitrogen and oxygen atoms in total. The van der Waals surface area contributed by atoms with Crippen molar-refractivity contribution in [2.45, 2.75) is 52.9 Å². The van der Waals surface area contributed by atoms with Gasteiger partial charge in [-0.25, -0.2) is 0 Å². The van der Waals surface area contributed by atoms with E-state index in [0.29, 0.717) is 0 Å². The van der Waals surface area contributed by atoms with E-state index < -0.39 is 11.4 Å². The molecule has 0 unspecified atom stereocenters. The lowest BCUT2D eigenvalue weighted by Gasteiger charge is -2.18. The van der Waals surface area contributed by atoms with Crippen LogP contribution in [0.15, 0.2) is 0 Å². The Kier molecular flexibility index (Phi) is 7.93. The summed E-state index contributed by atoms with van der Waals surface area (Å²) in [6, 6.07) is 0. The average molecular weight is 232 g/mol. The lowest BCUT2D eigenvalue weighted by Crippen LogP contribution is -2.23. The Hall–Kier alpha value is -0.180. The SMILES string of the molecule is CCCCSCCCCC(C)(C)C(=O)O. The van der Waals surface area contributed by atoms with Crippen molar-refractivity contribution in [2.75, 3.05) is 11.5 Å². The van der Waals surface area contributed by atoms with Gasteiger partial charge < -0.3 is 5.11 Å². The maximum atomic E-state index is 10.8. The fraction of sp³-hybridized carbons (Fsp3) is 0.917. The molecular weight excluding hydrogens is 208 g/mol. The van der Waals surface area contributed by atoms with E-state index in [0.717, 1.165) is 19.3 Å². The van der Waals surface area contributed by atoms with Crippen molar-refractivity contribution in [3.63, 3.8) is 0 Å². The third-order valence-electron chi connectivity index (χ3n) is 2.56. The van der Waals surface area contributed by atoms with E-state index in [1.54, 1.807) is 13.8 Å². The van der Waals surface area contributed by atoms with Crippen LogP contribution >= 0.6 is 11.8 Å². The Bertz CT molecular complexity index is 178. The van der Waals surface area contributed by atoms with E-state index in [2.05, 4.69) is 6.92 Å². The summed E-state index contributed by atoms with van der Waals surface area (Å²) in [6.07, 6.45) is 5.52. The molecule has 0 aliphatic carbocycles. The van der Waals surface area contributed by atoms with Crippen molar-refractivity contribution in [2.24, 2.45) is 5.41 Å². The molecule has 0 heterocycles. The summed E-state index contributed by atoms with van der Waals surface area (Å²) in [7, 11) is 0. The van der Waals surface area contributed by atoms with Crippen molar-refractivity contribution in [1.82, 2.24) is 0 Å². The molecule has 15 heavy (non-hydrogen) atoms. The highest BCUT2D eigenvalue weighted by atomic mass is 32.2. The standard InChI is InChI=1S/C12H24O2S/c1-4-5-9-15-10-7-6-8-12(2,3)11(13)14/h4-10H2,1-3H3,(H,13,14). The Morgan fingerprint density at radius 2 is 1.80 bits per heavy atom. The van der Waals surface area contributed by atoms with Gasteiger partial charge >= 0.3 is 5.97 Å². The van der Waals surface area contributed by atoms with E-state index in [9.17, 15) is 4.79 Å². The van der Waals surface area contributed by atoms with Crippen LogP contribution in [0.3, 0.4) is 0 Å². The van der Waals surface area contributed by atoms with Gasteiger partial charge in [0.15, 0.2) is 0 Å². The van der Waals surface area contributed by atoms with Gasteiger partial charge in [0.2, 0.25) is 0 Å². The molecule has 0 saturated heterocycles. The minimum Gasteiger partial charge on any atom is -0.481 e. The van der Waals surface area contributed by atoms with Crippen LogP contribution in [0.2, 0.25) is 0 Å². The van der Waals surface area contributed by atoms with Gasteiger partial charge in [0.25, 0.3) is 0 Å². The van der Waals surface area contributed by atoms with Crippen LogP contribution in [-0.4, -0.2) is 22.6 Å². The smallest absolute Gasteiger partial charge is 0.309 e. The average Bonchev–Trinajstić information content (AvgIpc) is 2.16. The van der Waals surface area contributed by atoms with Crippen LogP contribution in [0, 0.1) is 5.41 Å². The first-order valence-corrected chi connectivity index (χ1v) is 6.97. The third kappa shape index (κ3) is 7.71. The molecule has 1 N–H and O–H groups in total. The summed E-state index contributed by atoms with van der Waals surface area (Å²) in [4.78, 5) is 10.8. The number of carboxylic acid groups (broad SMARTS) is 1. The zero-order chi connectivity index (χ0) is 11.7. The van der Waals surface area contributed by atoms with Gasteiger partial charge in [-0.05, 0) is 44.6 Å². The normalized spacial score (nSPS) is 11.7. The van der Waals surface area contributed by atoms with Crippen molar-refractivity contribution in [3.05, 3.63) is 0 Å². The summed E-state index contributed by atoms with van der Waals surface area (Å²) in [5.41, 5.74) is -0.548. The molecule has 0 atom stereocenters. The molecule has 0 aliphatic heterocycles. The number of thioether (sulfide) groups is 1. The summed E-state index contributed by atoms with van der Waals surface area (Å²) < 4.78 is 0. The molecular formula is C12H24O2S.